The number of benzene rings is 1. The first-order valence-electron chi connectivity index (χ1n) is 6.18. The maximum Gasteiger partial charge on any atom is 0.175 e. The third-order valence-electron chi connectivity index (χ3n) is 2.75. The Balaban J connectivity index is 2.45. The van der Waals surface area contributed by atoms with Crippen molar-refractivity contribution in [2.75, 3.05) is 12.8 Å². The number of nitrogens with two attached hydrogens (primary N) is 1. The second-order valence-electron chi connectivity index (χ2n) is 4.60. The minimum atomic E-state index is -3.10. The van der Waals surface area contributed by atoms with E-state index in [1.165, 1.54) is 6.26 Å². The molecule has 1 unspecified atom stereocenters. The molecule has 1 aromatic carbocycles. The Morgan fingerprint density at radius 3 is 2.39 bits per heavy atom. The van der Waals surface area contributed by atoms with Gasteiger partial charge in [-0.3, -0.25) is 0 Å². The smallest absolute Gasteiger partial charge is 0.175 e. The summed E-state index contributed by atoms with van der Waals surface area (Å²) >= 11 is 0. The third kappa shape index (κ3) is 5.16. The Hall–Kier alpha value is -0.910. The third-order valence-corrected chi connectivity index (χ3v) is 3.88. The highest BCUT2D eigenvalue weighted by Gasteiger charge is 2.06. The molecule has 1 rings (SSSR count). The molecule has 0 aromatic heterocycles. The fraction of sp³-hybridized carbons (Fsp3) is 0.538. The van der Waals surface area contributed by atoms with E-state index in [1.54, 1.807) is 12.1 Å². The number of hydrogen-bond donors (Lipinski definition) is 2. The molecule has 0 bridgehead atoms. The van der Waals surface area contributed by atoms with Crippen molar-refractivity contribution in [3.05, 3.63) is 29.8 Å². The largest absolute Gasteiger partial charge is 0.327 e. The molecule has 0 saturated carbocycles. The van der Waals surface area contributed by atoms with Gasteiger partial charge in [0.15, 0.2) is 9.84 Å². The van der Waals surface area contributed by atoms with Gasteiger partial charge < -0.3 is 11.1 Å². The van der Waals surface area contributed by atoms with E-state index in [0.29, 0.717) is 11.4 Å². The minimum Gasteiger partial charge on any atom is -0.327 e. The Morgan fingerprint density at radius 2 is 1.89 bits per heavy atom. The van der Waals surface area contributed by atoms with Gasteiger partial charge >= 0.3 is 0 Å². The van der Waals surface area contributed by atoms with E-state index in [1.807, 2.05) is 12.1 Å². The van der Waals surface area contributed by atoms with Crippen LogP contribution in [0.4, 0.5) is 0 Å². The van der Waals surface area contributed by atoms with Crippen LogP contribution in [0.2, 0.25) is 0 Å². The van der Waals surface area contributed by atoms with E-state index >= 15 is 0 Å². The zero-order valence-corrected chi connectivity index (χ0v) is 11.8. The monoisotopic (exact) mass is 270 g/mol. The van der Waals surface area contributed by atoms with Crippen LogP contribution in [0.3, 0.4) is 0 Å². The summed E-state index contributed by atoms with van der Waals surface area (Å²) in [5, 5.41) is 3.27. The van der Waals surface area contributed by atoms with Gasteiger partial charge in [0.1, 0.15) is 0 Å². The summed E-state index contributed by atoms with van der Waals surface area (Å²) in [5.41, 5.74) is 6.95. The van der Waals surface area contributed by atoms with Gasteiger partial charge in [-0.15, -0.1) is 0 Å². The van der Waals surface area contributed by atoms with Gasteiger partial charge in [0.25, 0.3) is 0 Å². The zero-order chi connectivity index (χ0) is 13.6. The summed E-state index contributed by atoms with van der Waals surface area (Å²) in [6.07, 6.45) is 3.32. The van der Waals surface area contributed by atoms with Crippen LogP contribution in [-0.4, -0.2) is 27.3 Å². The van der Waals surface area contributed by atoms with Crippen molar-refractivity contribution in [3.8, 4) is 0 Å². The Bertz CT molecular complexity index is 454. The SMILES string of the molecule is CCCC(N)CNCc1ccc(S(C)(=O)=O)cc1. The van der Waals surface area contributed by atoms with Crippen molar-refractivity contribution >= 4 is 9.84 Å². The predicted octanol–water partition coefficient (Wildman–Crippen LogP) is 1.31. The van der Waals surface area contributed by atoms with Crippen LogP contribution < -0.4 is 11.1 Å². The molecule has 0 fully saturated rings. The number of hydrogen-bond acceptors (Lipinski definition) is 4. The van der Waals surface area contributed by atoms with Gasteiger partial charge in [0.2, 0.25) is 0 Å². The number of nitrogens with one attached hydrogen (secondary N) is 1. The van der Waals surface area contributed by atoms with Crippen molar-refractivity contribution in [2.24, 2.45) is 5.73 Å². The second kappa shape index (κ2) is 6.87. The lowest BCUT2D eigenvalue weighted by molar-refractivity contribution is 0.538. The Kier molecular flexibility index (Phi) is 5.78. The lowest BCUT2D eigenvalue weighted by Gasteiger charge is -2.11. The van der Waals surface area contributed by atoms with Gasteiger partial charge in [-0.05, 0) is 24.1 Å². The molecule has 0 radical (unpaired) electrons. The molecule has 0 saturated heterocycles. The molecule has 0 aliphatic rings. The molecule has 3 N–H and O–H groups in total. The fourth-order valence-corrected chi connectivity index (χ4v) is 2.36. The summed E-state index contributed by atoms with van der Waals surface area (Å²) in [6.45, 7) is 3.60. The van der Waals surface area contributed by atoms with Gasteiger partial charge in [0, 0.05) is 25.4 Å². The molecule has 0 spiro atoms. The standard InChI is InChI=1S/C13H22N2O2S/c1-3-4-12(14)10-15-9-11-5-7-13(8-6-11)18(2,16)17/h5-8,12,15H,3-4,9-10,14H2,1-2H3. The van der Waals surface area contributed by atoms with E-state index < -0.39 is 9.84 Å². The molecule has 1 atom stereocenters. The summed E-state index contributed by atoms with van der Waals surface area (Å²) in [7, 11) is -3.10. The van der Waals surface area contributed by atoms with Crippen LogP contribution in [0, 0.1) is 0 Å². The number of rotatable bonds is 7. The summed E-state index contributed by atoms with van der Waals surface area (Å²) in [5.74, 6) is 0. The van der Waals surface area contributed by atoms with E-state index in [-0.39, 0.29) is 6.04 Å². The van der Waals surface area contributed by atoms with Gasteiger partial charge in [-0.2, -0.15) is 0 Å². The second-order valence-corrected chi connectivity index (χ2v) is 6.61. The maximum absolute atomic E-state index is 11.3. The van der Waals surface area contributed by atoms with Crippen molar-refractivity contribution in [1.82, 2.24) is 5.32 Å². The van der Waals surface area contributed by atoms with E-state index in [4.69, 9.17) is 5.73 Å². The zero-order valence-electron chi connectivity index (χ0n) is 11.0. The van der Waals surface area contributed by atoms with Crippen molar-refractivity contribution in [3.63, 3.8) is 0 Å². The average Bonchev–Trinajstić information content (AvgIpc) is 2.29. The predicted molar refractivity (Wildman–Crippen MR) is 74.1 cm³/mol. The Morgan fingerprint density at radius 1 is 1.28 bits per heavy atom. The molecule has 102 valence electrons. The lowest BCUT2D eigenvalue weighted by Crippen LogP contribution is -2.33. The molecular weight excluding hydrogens is 248 g/mol. The highest BCUT2D eigenvalue weighted by molar-refractivity contribution is 7.90. The highest BCUT2D eigenvalue weighted by Crippen LogP contribution is 2.10. The van der Waals surface area contributed by atoms with Crippen LogP contribution in [0.25, 0.3) is 0 Å². The van der Waals surface area contributed by atoms with Crippen molar-refractivity contribution in [2.45, 2.75) is 37.2 Å². The molecule has 18 heavy (non-hydrogen) atoms. The first-order valence-corrected chi connectivity index (χ1v) is 8.08. The normalized spacial score (nSPS) is 13.5. The molecule has 1 aromatic rings. The van der Waals surface area contributed by atoms with Crippen LogP contribution in [-0.2, 0) is 16.4 Å². The molecule has 5 heteroatoms. The van der Waals surface area contributed by atoms with E-state index in [9.17, 15) is 8.42 Å². The van der Waals surface area contributed by atoms with Crippen LogP contribution in [0.5, 0.6) is 0 Å². The average molecular weight is 270 g/mol. The van der Waals surface area contributed by atoms with E-state index in [0.717, 1.165) is 24.9 Å². The van der Waals surface area contributed by atoms with Gasteiger partial charge in [0.05, 0.1) is 4.90 Å². The first kappa shape index (κ1) is 15.1. The van der Waals surface area contributed by atoms with Gasteiger partial charge in [-0.25, -0.2) is 8.42 Å². The van der Waals surface area contributed by atoms with Crippen molar-refractivity contribution < 1.29 is 8.42 Å². The Labute approximate surface area is 110 Å². The molecule has 0 amide bonds. The number of sulfone groups is 1. The fourth-order valence-electron chi connectivity index (χ4n) is 1.73. The van der Waals surface area contributed by atoms with E-state index in [2.05, 4.69) is 12.2 Å². The topological polar surface area (TPSA) is 72.2 Å². The molecule has 4 nitrogen and oxygen atoms in total. The van der Waals surface area contributed by atoms with Crippen LogP contribution in [0.15, 0.2) is 29.2 Å². The summed E-state index contributed by atoms with van der Waals surface area (Å²) in [6, 6.07) is 7.12. The van der Waals surface area contributed by atoms with Crippen LogP contribution in [0.1, 0.15) is 25.3 Å². The lowest BCUT2D eigenvalue weighted by atomic mass is 10.1. The van der Waals surface area contributed by atoms with Crippen LogP contribution >= 0.6 is 0 Å². The van der Waals surface area contributed by atoms with Gasteiger partial charge in [-0.1, -0.05) is 25.5 Å². The quantitative estimate of drug-likeness (QED) is 0.783. The molecule has 0 heterocycles. The highest BCUT2D eigenvalue weighted by atomic mass is 32.2. The summed E-state index contributed by atoms with van der Waals surface area (Å²) in [4.78, 5) is 0.355. The minimum absolute atomic E-state index is 0.185. The summed E-state index contributed by atoms with van der Waals surface area (Å²) < 4.78 is 22.6. The molecule has 0 aliphatic carbocycles. The maximum atomic E-state index is 11.3. The first-order chi connectivity index (χ1) is 8.43. The molecular formula is C13H22N2O2S. The molecule has 0 aliphatic heterocycles. The van der Waals surface area contributed by atoms with Crippen molar-refractivity contribution in [1.29, 1.82) is 0 Å².